The molecule has 1 N–H and O–H groups in total. The molecule has 120 valence electrons. The number of halogens is 1. The van der Waals surface area contributed by atoms with Crippen molar-refractivity contribution < 1.29 is 9.47 Å². The third kappa shape index (κ3) is 3.59. The van der Waals surface area contributed by atoms with E-state index in [9.17, 15) is 0 Å². The quantitative estimate of drug-likeness (QED) is 0.909. The SMILES string of the molecule is COc1cccc(C2=NCCCN2)c1OCc1ccccc1Cl. The van der Waals surface area contributed by atoms with Crippen LogP contribution in [0.15, 0.2) is 47.5 Å². The van der Waals surface area contributed by atoms with Gasteiger partial charge in [-0.25, -0.2) is 0 Å². The maximum absolute atomic E-state index is 6.21. The highest BCUT2D eigenvalue weighted by Gasteiger charge is 2.17. The monoisotopic (exact) mass is 330 g/mol. The zero-order valence-electron chi connectivity index (χ0n) is 13.0. The van der Waals surface area contributed by atoms with Gasteiger partial charge in [0.1, 0.15) is 12.4 Å². The van der Waals surface area contributed by atoms with Crippen molar-refractivity contribution >= 4 is 17.4 Å². The van der Waals surface area contributed by atoms with Crippen LogP contribution in [0.5, 0.6) is 11.5 Å². The van der Waals surface area contributed by atoms with E-state index in [1.807, 2.05) is 42.5 Å². The molecule has 3 rings (SSSR count). The molecule has 0 saturated heterocycles. The summed E-state index contributed by atoms with van der Waals surface area (Å²) in [4.78, 5) is 4.55. The van der Waals surface area contributed by atoms with Gasteiger partial charge in [0.2, 0.25) is 0 Å². The molecular formula is C18H19ClN2O2. The molecule has 0 unspecified atom stereocenters. The number of rotatable bonds is 5. The fourth-order valence-corrected chi connectivity index (χ4v) is 2.68. The van der Waals surface area contributed by atoms with Crippen molar-refractivity contribution in [2.45, 2.75) is 13.0 Å². The number of benzene rings is 2. The Hall–Kier alpha value is -2.20. The summed E-state index contributed by atoms with van der Waals surface area (Å²) < 4.78 is 11.5. The van der Waals surface area contributed by atoms with Gasteiger partial charge in [-0.15, -0.1) is 0 Å². The van der Waals surface area contributed by atoms with Gasteiger partial charge in [0.15, 0.2) is 11.5 Å². The van der Waals surface area contributed by atoms with E-state index in [0.717, 1.165) is 36.5 Å². The van der Waals surface area contributed by atoms with Crippen molar-refractivity contribution in [1.82, 2.24) is 5.32 Å². The number of hydrogen-bond donors (Lipinski definition) is 1. The minimum Gasteiger partial charge on any atom is -0.493 e. The van der Waals surface area contributed by atoms with Crippen molar-refractivity contribution in [2.24, 2.45) is 4.99 Å². The highest BCUT2D eigenvalue weighted by Crippen LogP contribution is 2.32. The zero-order chi connectivity index (χ0) is 16.1. The molecule has 0 radical (unpaired) electrons. The van der Waals surface area contributed by atoms with Gasteiger partial charge in [-0.1, -0.05) is 35.9 Å². The van der Waals surface area contributed by atoms with E-state index in [1.54, 1.807) is 7.11 Å². The Bertz CT molecular complexity index is 716. The Labute approximate surface area is 141 Å². The third-order valence-corrected chi connectivity index (χ3v) is 4.05. The van der Waals surface area contributed by atoms with E-state index >= 15 is 0 Å². The number of hydrogen-bond acceptors (Lipinski definition) is 4. The molecule has 0 bridgehead atoms. The first kappa shape index (κ1) is 15.7. The van der Waals surface area contributed by atoms with Crippen molar-refractivity contribution in [1.29, 1.82) is 0 Å². The van der Waals surface area contributed by atoms with Crippen LogP contribution in [0.2, 0.25) is 5.02 Å². The van der Waals surface area contributed by atoms with Gasteiger partial charge >= 0.3 is 0 Å². The Morgan fingerprint density at radius 1 is 1.17 bits per heavy atom. The number of para-hydroxylation sites is 1. The number of nitrogens with zero attached hydrogens (tertiary/aromatic N) is 1. The zero-order valence-corrected chi connectivity index (χ0v) is 13.8. The summed E-state index contributed by atoms with van der Waals surface area (Å²) in [6.07, 6.45) is 1.04. The normalized spacial score (nSPS) is 13.9. The molecule has 1 aliphatic heterocycles. The van der Waals surface area contributed by atoms with Crippen LogP contribution < -0.4 is 14.8 Å². The highest BCUT2D eigenvalue weighted by molar-refractivity contribution is 6.31. The average Bonchev–Trinajstić information content (AvgIpc) is 2.61. The largest absolute Gasteiger partial charge is 0.493 e. The molecule has 5 heteroatoms. The Balaban J connectivity index is 1.90. The summed E-state index contributed by atoms with van der Waals surface area (Å²) in [5.74, 6) is 2.22. The summed E-state index contributed by atoms with van der Waals surface area (Å²) >= 11 is 6.21. The lowest BCUT2D eigenvalue weighted by Gasteiger charge is -2.19. The number of nitrogens with one attached hydrogen (secondary N) is 1. The Morgan fingerprint density at radius 2 is 2.04 bits per heavy atom. The lowest BCUT2D eigenvalue weighted by atomic mass is 10.1. The molecular weight excluding hydrogens is 312 g/mol. The first-order valence-corrected chi connectivity index (χ1v) is 7.99. The second-order valence-electron chi connectivity index (χ2n) is 5.23. The molecule has 23 heavy (non-hydrogen) atoms. The van der Waals surface area contributed by atoms with Crippen molar-refractivity contribution in [3.05, 3.63) is 58.6 Å². The van der Waals surface area contributed by atoms with Crippen LogP contribution >= 0.6 is 11.6 Å². The van der Waals surface area contributed by atoms with Gasteiger partial charge in [0.25, 0.3) is 0 Å². The van der Waals surface area contributed by atoms with Gasteiger partial charge in [-0.2, -0.15) is 0 Å². The number of ether oxygens (including phenoxy) is 2. The third-order valence-electron chi connectivity index (χ3n) is 3.68. The first-order valence-electron chi connectivity index (χ1n) is 7.61. The first-order chi connectivity index (χ1) is 11.3. The van der Waals surface area contributed by atoms with Crippen molar-refractivity contribution in [2.75, 3.05) is 20.2 Å². The van der Waals surface area contributed by atoms with Gasteiger partial charge in [-0.3, -0.25) is 4.99 Å². The summed E-state index contributed by atoms with van der Waals surface area (Å²) in [6.45, 7) is 2.11. The highest BCUT2D eigenvalue weighted by atomic mass is 35.5. The van der Waals surface area contributed by atoms with Gasteiger partial charge < -0.3 is 14.8 Å². The van der Waals surface area contributed by atoms with Crippen LogP contribution in [0.1, 0.15) is 17.5 Å². The topological polar surface area (TPSA) is 42.8 Å². The second kappa shape index (κ2) is 7.38. The van der Waals surface area contributed by atoms with Crippen LogP contribution in [0.3, 0.4) is 0 Å². The van der Waals surface area contributed by atoms with E-state index in [4.69, 9.17) is 21.1 Å². The minimum absolute atomic E-state index is 0.375. The summed E-state index contributed by atoms with van der Waals surface area (Å²) in [7, 11) is 1.64. The molecule has 0 amide bonds. The molecule has 1 aliphatic rings. The lowest BCUT2D eigenvalue weighted by Crippen LogP contribution is -2.30. The summed E-state index contributed by atoms with van der Waals surface area (Å²) in [6, 6.07) is 13.5. The smallest absolute Gasteiger partial charge is 0.172 e. The molecule has 1 heterocycles. The van der Waals surface area contributed by atoms with Crippen LogP contribution in [-0.4, -0.2) is 26.0 Å². The average molecular weight is 331 g/mol. The lowest BCUT2D eigenvalue weighted by molar-refractivity contribution is 0.284. The number of amidine groups is 1. The van der Waals surface area contributed by atoms with E-state index in [-0.39, 0.29) is 0 Å². The Kier molecular flexibility index (Phi) is 5.03. The predicted molar refractivity (Wildman–Crippen MR) is 92.8 cm³/mol. The van der Waals surface area contributed by atoms with Crippen molar-refractivity contribution in [3.8, 4) is 11.5 Å². The number of methoxy groups -OCH3 is 1. The van der Waals surface area contributed by atoms with Gasteiger partial charge in [0.05, 0.1) is 12.7 Å². The fourth-order valence-electron chi connectivity index (χ4n) is 2.49. The predicted octanol–water partition coefficient (Wildman–Crippen LogP) is 3.67. The van der Waals surface area contributed by atoms with Crippen LogP contribution in [0, 0.1) is 0 Å². The summed E-state index contributed by atoms with van der Waals surface area (Å²) in [5.41, 5.74) is 1.85. The molecule has 0 saturated carbocycles. The summed E-state index contributed by atoms with van der Waals surface area (Å²) in [5, 5.41) is 4.02. The van der Waals surface area contributed by atoms with Crippen LogP contribution in [0.25, 0.3) is 0 Å². The molecule has 2 aromatic rings. The maximum Gasteiger partial charge on any atom is 0.172 e. The van der Waals surface area contributed by atoms with Gasteiger partial charge in [0, 0.05) is 23.7 Å². The fraction of sp³-hybridized carbons (Fsp3) is 0.278. The molecule has 2 aromatic carbocycles. The second-order valence-corrected chi connectivity index (χ2v) is 5.63. The molecule has 0 spiro atoms. The van der Waals surface area contributed by atoms with E-state index in [1.165, 1.54) is 0 Å². The van der Waals surface area contributed by atoms with Gasteiger partial charge in [-0.05, 0) is 24.6 Å². The van der Waals surface area contributed by atoms with E-state index in [0.29, 0.717) is 23.1 Å². The minimum atomic E-state index is 0.375. The molecule has 0 atom stereocenters. The molecule has 0 aromatic heterocycles. The van der Waals surface area contributed by atoms with E-state index < -0.39 is 0 Å². The molecule has 4 nitrogen and oxygen atoms in total. The van der Waals surface area contributed by atoms with E-state index in [2.05, 4.69) is 10.3 Å². The van der Waals surface area contributed by atoms with Crippen LogP contribution in [-0.2, 0) is 6.61 Å². The standard InChI is InChI=1S/C18H19ClN2O2/c1-22-16-9-4-7-14(18-20-10-5-11-21-18)17(16)23-12-13-6-2-3-8-15(13)19/h2-4,6-9H,5,10-12H2,1H3,(H,20,21). The maximum atomic E-state index is 6.21. The number of aliphatic imine (C=N–C) groups is 1. The van der Waals surface area contributed by atoms with Crippen molar-refractivity contribution in [3.63, 3.8) is 0 Å². The molecule has 0 aliphatic carbocycles. The Morgan fingerprint density at radius 3 is 2.78 bits per heavy atom. The molecule has 0 fully saturated rings. The van der Waals surface area contributed by atoms with Crippen LogP contribution in [0.4, 0.5) is 0 Å².